The first-order valence-corrected chi connectivity index (χ1v) is 6.40. The van der Waals surface area contributed by atoms with E-state index in [9.17, 15) is 14.4 Å². The van der Waals surface area contributed by atoms with E-state index in [2.05, 4.69) is 4.90 Å². The summed E-state index contributed by atoms with van der Waals surface area (Å²) >= 11 is 0. The summed E-state index contributed by atoms with van der Waals surface area (Å²) in [7, 11) is 0. The van der Waals surface area contributed by atoms with Gasteiger partial charge in [0.25, 0.3) is 0 Å². The second-order valence-electron chi connectivity index (χ2n) is 5.06. The van der Waals surface area contributed by atoms with Gasteiger partial charge in [0, 0.05) is 12.1 Å². The van der Waals surface area contributed by atoms with Crippen LogP contribution in [0.15, 0.2) is 0 Å². The molecule has 4 amide bonds. The molecule has 100 valence electrons. The van der Waals surface area contributed by atoms with Crippen LogP contribution in [0.4, 0.5) is 4.79 Å². The quantitative estimate of drug-likeness (QED) is 0.532. The summed E-state index contributed by atoms with van der Waals surface area (Å²) in [6.45, 7) is 6.45. The molecule has 0 spiro atoms. The fourth-order valence-electron chi connectivity index (χ4n) is 2.20. The van der Waals surface area contributed by atoms with Gasteiger partial charge in [-0.2, -0.15) is 0 Å². The first kappa shape index (κ1) is 13.0. The third-order valence-electron chi connectivity index (χ3n) is 3.39. The van der Waals surface area contributed by atoms with E-state index >= 15 is 0 Å². The predicted octanol–water partition coefficient (Wildman–Crippen LogP) is 0.627. The van der Waals surface area contributed by atoms with Crippen molar-refractivity contribution >= 4 is 17.8 Å². The molecule has 1 aliphatic carbocycles. The molecule has 2 fully saturated rings. The zero-order valence-corrected chi connectivity index (χ0v) is 11.0. The first-order valence-electron chi connectivity index (χ1n) is 6.40. The van der Waals surface area contributed by atoms with Gasteiger partial charge in [0.15, 0.2) is 0 Å². The fourth-order valence-corrected chi connectivity index (χ4v) is 2.20. The van der Waals surface area contributed by atoms with E-state index in [4.69, 9.17) is 0 Å². The molecule has 0 atom stereocenters. The van der Waals surface area contributed by atoms with Crippen molar-refractivity contribution in [3.05, 3.63) is 0 Å². The van der Waals surface area contributed by atoms with Gasteiger partial charge in [0.05, 0.1) is 6.67 Å². The number of imide groups is 2. The minimum atomic E-state index is -0.707. The van der Waals surface area contributed by atoms with Crippen LogP contribution in [-0.4, -0.2) is 57.8 Å². The molecule has 0 unspecified atom stereocenters. The number of hydrogen-bond donors (Lipinski definition) is 0. The van der Waals surface area contributed by atoms with Crippen molar-refractivity contribution in [2.45, 2.75) is 45.7 Å². The highest BCUT2D eigenvalue weighted by Crippen LogP contribution is 2.27. The van der Waals surface area contributed by atoms with Crippen LogP contribution in [0.1, 0.15) is 33.6 Å². The van der Waals surface area contributed by atoms with Crippen molar-refractivity contribution in [2.24, 2.45) is 0 Å². The summed E-state index contributed by atoms with van der Waals surface area (Å²) < 4.78 is 0. The summed E-state index contributed by atoms with van der Waals surface area (Å²) in [5.41, 5.74) is 0. The lowest BCUT2D eigenvalue weighted by Gasteiger charge is -2.25. The number of rotatable bonds is 5. The Balaban J connectivity index is 2.10. The van der Waals surface area contributed by atoms with Gasteiger partial charge in [0.1, 0.15) is 0 Å². The van der Waals surface area contributed by atoms with E-state index in [1.807, 2.05) is 6.92 Å². The Hall–Kier alpha value is -1.43. The molecule has 6 heteroatoms. The second-order valence-corrected chi connectivity index (χ2v) is 5.06. The van der Waals surface area contributed by atoms with Crippen molar-refractivity contribution in [3.63, 3.8) is 0 Å². The van der Waals surface area contributed by atoms with E-state index in [0.717, 1.165) is 29.2 Å². The van der Waals surface area contributed by atoms with Crippen molar-refractivity contribution in [3.8, 4) is 0 Å². The topological polar surface area (TPSA) is 60.9 Å². The monoisotopic (exact) mass is 253 g/mol. The van der Waals surface area contributed by atoms with Gasteiger partial charge in [-0.05, 0) is 33.2 Å². The molecule has 0 bridgehead atoms. The average Bonchev–Trinajstić information content (AvgIpc) is 3.10. The highest BCUT2D eigenvalue weighted by molar-refractivity contribution is 6.44. The molecular weight excluding hydrogens is 234 g/mol. The number of nitrogens with zero attached hydrogens (tertiary/aromatic N) is 3. The SMILES string of the molecule is CCN(CN1C(=O)C(=O)N(C(C)C)C1=O)C1CC1. The Bertz CT molecular complexity index is 390. The van der Waals surface area contributed by atoms with Gasteiger partial charge in [-0.1, -0.05) is 6.92 Å². The first-order chi connectivity index (χ1) is 8.47. The summed E-state index contributed by atoms with van der Waals surface area (Å²) in [5, 5.41) is 0. The Morgan fingerprint density at radius 1 is 1.22 bits per heavy atom. The molecule has 2 rings (SSSR count). The Kier molecular flexibility index (Phi) is 3.38. The van der Waals surface area contributed by atoms with E-state index in [1.54, 1.807) is 13.8 Å². The molecule has 18 heavy (non-hydrogen) atoms. The largest absolute Gasteiger partial charge is 0.335 e. The van der Waals surface area contributed by atoms with Crippen LogP contribution in [0.25, 0.3) is 0 Å². The summed E-state index contributed by atoms with van der Waals surface area (Å²) in [4.78, 5) is 39.7. The fraction of sp³-hybridized carbons (Fsp3) is 0.750. The van der Waals surface area contributed by atoms with Crippen molar-refractivity contribution in [1.29, 1.82) is 0 Å². The molecule has 1 saturated carbocycles. The zero-order valence-electron chi connectivity index (χ0n) is 11.0. The third-order valence-corrected chi connectivity index (χ3v) is 3.39. The smallest absolute Gasteiger partial charge is 0.283 e. The van der Waals surface area contributed by atoms with Crippen LogP contribution in [0, 0.1) is 0 Å². The summed E-state index contributed by atoms with van der Waals surface area (Å²) in [6, 6.07) is -0.312. The molecule has 0 N–H and O–H groups in total. The lowest BCUT2D eigenvalue weighted by Crippen LogP contribution is -2.44. The van der Waals surface area contributed by atoms with E-state index < -0.39 is 17.8 Å². The number of amides is 4. The number of hydrogen-bond acceptors (Lipinski definition) is 4. The molecule has 1 aliphatic heterocycles. The minimum absolute atomic E-state index is 0.230. The molecule has 0 radical (unpaired) electrons. The van der Waals surface area contributed by atoms with Gasteiger partial charge in [-0.15, -0.1) is 0 Å². The van der Waals surface area contributed by atoms with Gasteiger partial charge in [0.2, 0.25) is 0 Å². The Labute approximate surface area is 107 Å². The zero-order chi connectivity index (χ0) is 13.4. The van der Waals surface area contributed by atoms with Crippen LogP contribution in [0.3, 0.4) is 0 Å². The standard InChI is InChI=1S/C12H19N3O3/c1-4-13(9-5-6-9)7-14-10(16)11(17)15(8(2)3)12(14)18/h8-9H,4-7H2,1-3H3. The van der Waals surface area contributed by atoms with Crippen molar-refractivity contribution in [1.82, 2.24) is 14.7 Å². The second kappa shape index (κ2) is 4.68. The maximum absolute atomic E-state index is 12.0. The number of carbonyl (C=O) groups is 3. The van der Waals surface area contributed by atoms with Crippen molar-refractivity contribution < 1.29 is 14.4 Å². The van der Waals surface area contributed by atoms with E-state index in [1.165, 1.54) is 0 Å². The molecular formula is C12H19N3O3. The minimum Gasteiger partial charge on any atom is -0.283 e. The molecule has 6 nitrogen and oxygen atoms in total. The van der Waals surface area contributed by atoms with Gasteiger partial charge < -0.3 is 0 Å². The third kappa shape index (κ3) is 2.12. The van der Waals surface area contributed by atoms with E-state index in [0.29, 0.717) is 6.04 Å². The molecule has 2 aliphatic rings. The number of urea groups is 1. The molecule has 0 aromatic heterocycles. The van der Waals surface area contributed by atoms with Crippen molar-refractivity contribution in [2.75, 3.05) is 13.2 Å². The van der Waals surface area contributed by atoms with Gasteiger partial charge in [-0.25, -0.2) is 9.69 Å². The Morgan fingerprint density at radius 3 is 2.22 bits per heavy atom. The van der Waals surface area contributed by atoms with Gasteiger partial charge >= 0.3 is 17.8 Å². The van der Waals surface area contributed by atoms with Gasteiger partial charge in [-0.3, -0.25) is 19.4 Å². The Morgan fingerprint density at radius 2 is 1.83 bits per heavy atom. The highest BCUT2D eigenvalue weighted by Gasteiger charge is 2.46. The van der Waals surface area contributed by atoms with Crippen LogP contribution in [-0.2, 0) is 9.59 Å². The summed E-state index contributed by atoms with van der Waals surface area (Å²) in [6.07, 6.45) is 2.21. The highest BCUT2D eigenvalue weighted by atomic mass is 16.2. The lowest BCUT2D eigenvalue weighted by molar-refractivity contribution is -0.144. The molecule has 1 saturated heterocycles. The molecule has 0 aromatic rings. The maximum Gasteiger partial charge on any atom is 0.335 e. The normalized spacial score (nSPS) is 20.8. The van der Waals surface area contributed by atoms with Crippen LogP contribution >= 0.6 is 0 Å². The van der Waals surface area contributed by atoms with Crippen LogP contribution < -0.4 is 0 Å². The average molecular weight is 253 g/mol. The molecule has 1 heterocycles. The maximum atomic E-state index is 12.0. The molecule has 0 aromatic carbocycles. The predicted molar refractivity (Wildman–Crippen MR) is 64.5 cm³/mol. The van der Waals surface area contributed by atoms with Crippen LogP contribution in [0.5, 0.6) is 0 Å². The summed E-state index contributed by atoms with van der Waals surface area (Å²) in [5.74, 6) is -1.41. The lowest BCUT2D eigenvalue weighted by atomic mass is 10.3. The van der Waals surface area contributed by atoms with Crippen LogP contribution in [0.2, 0.25) is 0 Å². The van der Waals surface area contributed by atoms with E-state index in [-0.39, 0.29) is 12.7 Å². The number of carbonyl (C=O) groups excluding carboxylic acids is 3.